The van der Waals surface area contributed by atoms with Crippen LogP contribution in [0, 0.1) is 0 Å². The van der Waals surface area contributed by atoms with Crippen LogP contribution in [0.5, 0.6) is 11.5 Å². The molecule has 1 heterocycles. The number of nitrogens with two attached hydrogens (primary N) is 1. The lowest BCUT2D eigenvalue weighted by molar-refractivity contribution is 0.479. The summed E-state index contributed by atoms with van der Waals surface area (Å²) >= 11 is 3.34. The third-order valence-electron chi connectivity index (χ3n) is 2.07. The molecule has 0 saturated heterocycles. The summed E-state index contributed by atoms with van der Waals surface area (Å²) in [5.41, 5.74) is 6.60. The van der Waals surface area contributed by atoms with E-state index in [0.717, 1.165) is 15.8 Å². The smallest absolute Gasteiger partial charge is 0.146 e. The number of benzene rings is 1. The molecule has 0 spiro atoms. The maximum Gasteiger partial charge on any atom is 0.146 e. The first-order chi connectivity index (χ1) is 7.78. The average Bonchev–Trinajstić information content (AvgIpc) is 2.30. The zero-order valence-corrected chi connectivity index (χ0v) is 10.1. The Morgan fingerprint density at radius 3 is 2.50 bits per heavy atom. The van der Waals surface area contributed by atoms with Crippen molar-refractivity contribution in [2.75, 3.05) is 0 Å². The van der Waals surface area contributed by atoms with Gasteiger partial charge in [-0.05, 0) is 39.7 Å². The van der Waals surface area contributed by atoms with E-state index in [9.17, 15) is 0 Å². The van der Waals surface area contributed by atoms with E-state index in [1.807, 2.05) is 30.3 Å². The van der Waals surface area contributed by atoms with Gasteiger partial charge < -0.3 is 10.5 Å². The lowest BCUT2D eigenvalue weighted by Gasteiger charge is -2.05. The molecule has 4 heteroatoms. The highest BCUT2D eigenvalue weighted by Crippen LogP contribution is 2.23. The van der Waals surface area contributed by atoms with E-state index in [1.54, 1.807) is 12.4 Å². The average molecular weight is 279 g/mol. The minimum absolute atomic E-state index is 0.540. The van der Waals surface area contributed by atoms with Gasteiger partial charge in [-0.15, -0.1) is 0 Å². The summed E-state index contributed by atoms with van der Waals surface area (Å²) in [6.07, 6.45) is 3.38. The first kappa shape index (κ1) is 11.1. The fourth-order valence-corrected chi connectivity index (χ4v) is 1.62. The molecular formula is C12H11BrN2O. The van der Waals surface area contributed by atoms with Crippen molar-refractivity contribution in [1.82, 2.24) is 4.98 Å². The first-order valence-corrected chi connectivity index (χ1v) is 5.64. The molecule has 2 aromatic rings. The van der Waals surface area contributed by atoms with Crippen LogP contribution in [0.2, 0.25) is 0 Å². The largest absolute Gasteiger partial charge is 0.456 e. The molecule has 0 bridgehead atoms. The van der Waals surface area contributed by atoms with Crippen molar-refractivity contribution < 1.29 is 4.74 Å². The molecular weight excluding hydrogens is 268 g/mol. The molecule has 0 radical (unpaired) electrons. The maximum atomic E-state index is 5.63. The Morgan fingerprint density at radius 2 is 1.88 bits per heavy atom. The molecule has 0 amide bonds. The van der Waals surface area contributed by atoms with Crippen LogP contribution in [0.3, 0.4) is 0 Å². The summed E-state index contributed by atoms with van der Waals surface area (Å²) in [6, 6.07) is 9.54. The molecule has 16 heavy (non-hydrogen) atoms. The van der Waals surface area contributed by atoms with Crippen LogP contribution in [-0.4, -0.2) is 4.98 Å². The monoisotopic (exact) mass is 278 g/mol. The summed E-state index contributed by atoms with van der Waals surface area (Å²) in [5, 5.41) is 0. The highest BCUT2D eigenvalue weighted by molar-refractivity contribution is 9.10. The second-order valence-corrected chi connectivity index (χ2v) is 4.20. The van der Waals surface area contributed by atoms with Crippen LogP contribution < -0.4 is 10.5 Å². The number of hydrogen-bond acceptors (Lipinski definition) is 3. The Labute approximate surface area is 102 Å². The fraction of sp³-hybridized carbons (Fsp3) is 0.0833. The van der Waals surface area contributed by atoms with Crippen molar-refractivity contribution >= 4 is 15.9 Å². The number of rotatable bonds is 3. The number of ether oxygens (including phenoxy) is 1. The normalized spacial score (nSPS) is 10.1. The fourth-order valence-electron chi connectivity index (χ4n) is 1.28. The molecule has 0 aliphatic heterocycles. The number of aromatic nitrogens is 1. The number of nitrogens with zero attached hydrogens (tertiary/aromatic N) is 1. The first-order valence-electron chi connectivity index (χ1n) is 4.85. The van der Waals surface area contributed by atoms with Gasteiger partial charge in [-0.2, -0.15) is 0 Å². The Kier molecular flexibility index (Phi) is 3.54. The second kappa shape index (κ2) is 5.09. The van der Waals surface area contributed by atoms with Gasteiger partial charge in [0.05, 0.1) is 6.20 Å². The van der Waals surface area contributed by atoms with Crippen molar-refractivity contribution in [3.05, 3.63) is 52.8 Å². The van der Waals surface area contributed by atoms with Crippen LogP contribution in [0.1, 0.15) is 5.56 Å². The standard InChI is InChI=1S/C12H11BrN2O/c13-10-5-12(8-15-7-10)16-11-3-1-9(6-14)2-4-11/h1-5,7-8H,6,14H2. The molecule has 0 unspecified atom stereocenters. The van der Waals surface area contributed by atoms with Gasteiger partial charge in [0, 0.05) is 17.2 Å². The van der Waals surface area contributed by atoms with E-state index in [4.69, 9.17) is 10.5 Å². The van der Waals surface area contributed by atoms with Gasteiger partial charge in [0.25, 0.3) is 0 Å². The molecule has 3 nitrogen and oxygen atoms in total. The quantitative estimate of drug-likeness (QED) is 0.939. The zero-order chi connectivity index (χ0) is 11.4. The number of hydrogen-bond donors (Lipinski definition) is 1. The summed E-state index contributed by atoms with van der Waals surface area (Å²) in [7, 11) is 0. The lowest BCUT2D eigenvalue weighted by atomic mass is 10.2. The molecule has 0 atom stereocenters. The van der Waals surface area contributed by atoms with Crippen molar-refractivity contribution in [3.63, 3.8) is 0 Å². The van der Waals surface area contributed by atoms with Gasteiger partial charge in [-0.25, -0.2) is 0 Å². The Morgan fingerprint density at radius 1 is 1.12 bits per heavy atom. The van der Waals surface area contributed by atoms with Gasteiger partial charge in [0.15, 0.2) is 0 Å². The minimum atomic E-state index is 0.540. The topological polar surface area (TPSA) is 48.1 Å². The predicted octanol–water partition coefficient (Wildman–Crippen LogP) is 3.10. The zero-order valence-electron chi connectivity index (χ0n) is 8.56. The minimum Gasteiger partial charge on any atom is -0.456 e. The highest BCUT2D eigenvalue weighted by atomic mass is 79.9. The maximum absolute atomic E-state index is 5.63. The Hall–Kier alpha value is -1.39. The summed E-state index contributed by atoms with van der Waals surface area (Å²) in [5.74, 6) is 1.48. The lowest BCUT2D eigenvalue weighted by Crippen LogP contribution is -1.95. The summed E-state index contributed by atoms with van der Waals surface area (Å²) in [6.45, 7) is 0.540. The predicted molar refractivity (Wildman–Crippen MR) is 66.3 cm³/mol. The highest BCUT2D eigenvalue weighted by Gasteiger charge is 1.98. The molecule has 2 rings (SSSR count). The van der Waals surface area contributed by atoms with E-state index in [2.05, 4.69) is 20.9 Å². The van der Waals surface area contributed by atoms with E-state index in [-0.39, 0.29) is 0 Å². The third kappa shape index (κ3) is 2.81. The molecule has 1 aromatic heterocycles. The molecule has 82 valence electrons. The Bertz CT molecular complexity index is 471. The van der Waals surface area contributed by atoms with E-state index in [1.165, 1.54) is 0 Å². The summed E-state index contributed by atoms with van der Waals surface area (Å²) in [4.78, 5) is 4.02. The molecule has 0 fully saturated rings. The van der Waals surface area contributed by atoms with Crippen molar-refractivity contribution in [1.29, 1.82) is 0 Å². The molecule has 0 aliphatic rings. The molecule has 0 saturated carbocycles. The van der Waals surface area contributed by atoms with E-state index >= 15 is 0 Å². The van der Waals surface area contributed by atoms with Gasteiger partial charge in [-0.1, -0.05) is 12.1 Å². The number of halogens is 1. The second-order valence-electron chi connectivity index (χ2n) is 3.29. The summed E-state index contributed by atoms with van der Waals surface area (Å²) < 4.78 is 6.52. The van der Waals surface area contributed by atoms with Crippen LogP contribution >= 0.6 is 15.9 Å². The van der Waals surface area contributed by atoms with Crippen LogP contribution in [0.25, 0.3) is 0 Å². The molecule has 2 N–H and O–H groups in total. The molecule has 1 aromatic carbocycles. The SMILES string of the molecule is NCc1ccc(Oc2cncc(Br)c2)cc1. The van der Waals surface area contributed by atoms with Crippen molar-refractivity contribution in [2.45, 2.75) is 6.54 Å². The van der Waals surface area contributed by atoms with Crippen LogP contribution in [0.15, 0.2) is 47.2 Å². The van der Waals surface area contributed by atoms with Gasteiger partial charge in [0.1, 0.15) is 11.5 Å². The third-order valence-corrected chi connectivity index (χ3v) is 2.51. The Balaban J connectivity index is 2.14. The van der Waals surface area contributed by atoms with Crippen molar-refractivity contribution in [2.24, 2.45) is 5.73 Å². The van der Waals surface area contributed by atoms with Gasteiger partial charge >= 0.3 is 0 Å². The van der Waals surface area contributed by atoms with Gasteiger partial charge in [-0.3, -0.25) is 4.98 Å². The van der Waals surface area contributed by atoms with Crippen LogP contribution in [-0.2, 0) is 6.54 Å². The van der Waals surface area contributed by atoms with Gasteiger partial charge in [0.2, 0.25) is 0 Å². The van der Waals surface area contributed by atoms with E-state index < -0.39 is 0 Å². The van der Waals surface area contributed by atoms with Crippen LogP contribution in [0.4, 0.5) is 0 Å². The van der Waals surface area contributed by atoms with E-state index in [0.29, 0.717) is 12.3 Å². The van der Waals surface area contributed by atoms with Crippen molar-refractivity contribution in [3.8, 4) is 11.5 Å². The number of pyridine rings is 1. The molecule has 0 aliphatic carbocycles.